The molecule has 0 amide bonds. The summed E-state index contributed by atoms with van der Waals surface area (Å²) in [5.41, 5.74) is 0.352. The van der Waals surface area contributed by atoms with Crippen LogP contribution in [0.4, 0.5) is 0 Å². The number of hydrogen-bond donors (Lipinski definition) is 4. The third-order valence-electron chi connectivity index (χ3n) is 1.61. The van der Waals surface area contributed by atoms with Gasteiger partial charge in [-0.05, 0) is 33.1 Å². The van der Waals surface area contributed by atoms with Crippen LogP contribution < -0.4 is 0 Å². The van der Waals surface area contributed by atoms with E-state index >= 15 is 0 Å². The van der Waals surface area contributed by atoms with E-state index in [1.165, 1.54) is 13.8 Å². The van der Waals surface area contributed by atoms with E-state index in [9.17, 15) is 9.59 Å². The number of rotatable bonds is 6. The van der Waals surface area contributed by atoms with Crippen LogP contribution >= 0.6 is 0 Å². The van der Waals surface area contributed by atoms with Crippen molar-refractivity contribution in [2.45, 2.75) is 33.1 Å². The van der Waals surface area contributed by atoms with Gasteiger partial charge in [-0.15, -0.1) is 0 Å². The molecule has 6 nitrogen and oxygen atoms in total. The van der Waals surface area contributed by atoms with Gasteiger partial charge in [-0.3, -0.25) is 0 Å². The summed E-state index contributed by atoms with van der Waals surface area (Å²) >= 11 is 0. The van der Waals surface area contributed by atoms with Crippen molar-refractivity contribution < 1.29 is 30.0 Å². The Morgan fingerprint density at radius 2 is 1.35 bits per heavy atom. The van der Waals surface area contributed by atoms with Crippen molar-refractivity contribution in [3.05, 3.63) is 36.6 Å². The lowest BCUT2D eigenvalue weighted by atomic mass is 10.2. The molecule has 0 aromatic carbocycles. The normalized spacial score (nSPS) is 8.75. The molecule has 6 heteroatoms. The zero-order valence-electron chi connectivity index (χ0n) is 12.0. The number of unbranched alkanes of at least 4 members (excludes halogenated alkanes) is 2. The number of aliphatic hydroxyl groups is 2. The van der Waals surface area contributed by atoms with Gasteiger partial charge in [0, 0.05) is 17.8 Å². The number of aliphatic hydroxyl groups excluding tert-OH is 2. The molecule has 0 atom stereocenters. The van der Waals surface area contributed by atoms with Crippen molar-refractivity contribution in [2.24, 2.45) is 0 Å². The number of allylic oxidation sites excluding steroid dienone is 1. The second-order valence-electron chi connectivity index (χ2n) is 3.78. The number of carboxylic acid groups (broad SMARTS) is 2. The highest BCUT2D eigenvalue weighted by Crippen LogP contribution is 1.93. The van der Waals surface area contributed by atoms with E-state index in [-0.39, 0.29) is 17.8 Å². The predicted octanol–water partition coefficient (Wildman–Crippen LogP) is 2.51. The first-order chi connectivity index (χ1) is 9.20. The van der Waals surface area contributed by atoms with Gasteiger partial charge in [0.2, 0.25) is 0 Å². The van der Waals surface area contributed by atoms with Crippen LogP contribution in [0.3, 0.4) is 0 Å². The number of carboxylic acids is 2. The average molecular weight is 288 g/mol. The Morgan fingerprint density at radius 3 is 1.55 bits per heavy atom. The van der Waals surface area contributed by atoms with Crippen LogP contribution in [0, 0.1) is 0 Å². The summed E-state index contributed by atoms with van der Waals surface area (Å²) in [5, 5.41) is 32.2. The van der Waals surface area contributed by atoms with Gasteiger partial charge in [0.15, 0.2) is 0 Å². The van der Waals surface area contributed by atoms with E-state index in [0.29, 0.717) is 0 Å². The number of carbonyl (C=O) groups is 2. The SMILES string of the molecule is C=C(C)C(=O)O.C=C(C)C(=O)O.OC=CCCCCO. The quantitative estimate of drug-likeness (QED) is 0.339. The van der Waals surface area contributed by atoms with Crippen LogP contribution in [0.15, 0.2) is 36.6 Å². The van der Waals surface area contributed by atoms with Crippen LogP contribution in [0.5, 0.6) is 0 Å². The topological polar surface area (TPSA) is 115 Å². The summed E-state index contributed by atoms with van der Waals surface area (Å²) in [4.78, 5) is 19.2. The second-order valence-corrected chi connectivity index (χ2v) is 3.78. The zero-order valence-corrected chi connectivity index (χ0v) is 12.0. The van der Waals surface area contributed by atoms with E-state index in [2.05, 4.69) is 13.2 Å². The van der Waals surface area contributed by atoms with Crippen LogP contribution in [-0.4, -0.2) is 39.0 Å². The van der Waals surface area contributed by atoms with E-state index in [1.807, 2.05) is 0 Å². The fourth-order valence-electron chi connectivity index (χ4n) is 0.449. The Hall–Kier alpha value is -2.08. The molecule has 0 fully saturated rings. The van der Waals surface area contributed by atoms with Gasteiger partial charge in [-0.2, -0.15) is 0 Å². The van der Waals surface area contributed by atoms with Crippen LogP contribution in [0.2, 0.25) is 0 Å². The Kier molecular flexibility index (Phi) is 19.5. The first-order valence-corrected chi connectivity index (χ1v) is 5.88. The molecule has 0 rings (SSSR count). The lowest BCUT2D eigenvalue weighted by Gasteiger charge is -1.88. The molecule has 0 unspecified atom stereocenters. The van der Waals surface area contributed by atoms with Gasteiger partial charge in [0.05, 0.1) is 6.26 Å². The number of hydrogen-bond acceptors (Lipinski definition) is 4. The third kappa shape index (κ3) is 29.7. The second kappa shape index (κ2) is 16.9. The minimum Gasteiger partial charge on any atom is -0.516 e. The van der Waals surface area contributed by atoms with Gasteiger partial charge < -0.3 is 20.4 Å². The number of aliphatic carboxylic acids is 2. The summed E-state index contributed by atoms with van der Waals surface area (Å²) in [6.07, 6.45) is 5.35. The molecule has 0 aliphatic heterocycles. The van der Waals surface area contributed by atoms with Crippen molar-refractivity contribution in [3.63, 3.8) is 0 Å². The lowest BCUT2D eigenvalue weighted by Crippen LogP contribution is -1.92. The fourth-order valence-corrected chi connectivity index (χ4v) is 0.449. The maximum atomic E-state index is 9.60. The molecule has 0 heterocycles. The molecule has 4 N–H and O–H groups in total. The average Bonchev–Trinajstić information content (AvgIpc) is 2.36. The van der Waals surface area contributed by atoms with E-state index < -0.39 is 11.9 Å². The Morgan fingerprint density at radius 1 is 1.00 bits per heavy atom. The molecule has 0 radical (unpaired) electrons. The summed E-state index contributed by atoms with van der Waals surface area (Å²) < 4.78 is 0. The summed E-state index contributed by atoms with van der Waals surface area (Å²) in [7, 11) is 0. The third-order valence-corrected chi connectivity index (χ3v) is 1.61. The van der Waals surface area contributed by atoms with Crippen LogP contribution in [-0.2, 0) is 9.59 Å². The molecule has 116 valence electrons. The van der Waals surface area contributed by atoms with Crippen molar-refractivity contribution >= 4 is 11.9 Å². The predicted molar refractivity (Wildman–Crippen MR) is 77.6 cm³/mol. The molecule has 0 aromatic heterocycles. The first-order valence-electron chi connectivity index (χ1n) is 5.88. The highest BCUT2D eigenvalue weighted by Gasteiger charge is 1.90. The standard InChI is InChI=1S/C6H12O2.2C4H6O2/c7-5-3-1-2-4-6-8;2*1-3(2)4(5)6/h3,5,7-8H,1-2,4,6H2;2*1H2,2H3,(H,5,6). The molecular formula is C14H24O6. The Bertz CT molecular complexity index is 283. The molecule has 20 heavy (non-hydrogen) atoms. The van der Waals surface area contributed by atoms with E-state index in [1.54, 1.807) is 6.08 Å². The zero-order chi connectivity index (χ0) is 16.6. The molecule has 0 bridgehead atoms. The summed E-state index contributed by atoms with van der Waals surface area (Å²) in [5.74, 6) is -1.87. The monoisotopic (exact) mass is 288 g/mol. The maximum absolute atomic E-state index is 9.60. The Balaban J connectivity index is -0.000000221. The molecule has 0 spiro atoms. The summed E-state index contributed by atoms with van der Waals surface area (Å²) in [6.45, 7) is 9.45. The van der Waals surface area contributed by atoms with Crippen molar-refractivity contribution in [1.82, 2.24) is 0 Å². The van der Waals surface area contributed by atoms with Gasteiger partial charge in [0.25, 0.3) is 0 Å². The van der Waals surface area contributed by atoms with Crippen molar-refractivity contribution in [3.8, 4) is 0 Å². The minimum atomic E-state index is -0.935. The smallest absolute Gasteiger partial charge is 0.330 e. The largest absolute Gasteiger partial charge is 0.516 e. The summed E-state index contributed by atoms with van der Waals surface area (Å²) in [6, 6.07) is 0. The van der Waals surface area contributed by atoms with Crippen LogP contribution in [0.1, 0.15) is 33.1 Å². The molecule has 0 saturated carbocycles. The van der Waals surface area contributed by atoms with Gasteiger partial charge in [-0.1, -0.05) is 19.2 Å². The fraction of sp³-hybridized carbons (Fsp3) is 0.429. The molecule has 0 aliphatic rings. The van der Waals surface area contributed by atoms with Gasteiger partial charge >= 0.3 is 11.9 Å². The van der Waals surface area contributed by atoms with Gasteiger partial charge in [0.1, 0.15) is 0 Å². The van der Waals surface area contributed by atoms with Crippen LogP contribution in [0.25, 0.3) is 0 Å². The maximum Gasteiger partial charge on any atom is 0.330 e. The molecular weight excluding hydrogens is 264 g/mol. The highest BCUT2D eigenvalue weighted by molar-refractivity contribution is 5.85. The lowest BCUT2D eigenvalue weighted by molar-refractivity contribution is -0.133. The Labute approximate surface area is 119 Å². The van der Waals surface area contributed by atoms with Crippen molar-refractivity contribution in [1.29, 1.82) is 0 Å². The molecule has 0 saturated heterocycles. The minimum absolute atomic E-state index is 0.176. The molecule has 0 aliphatic carbocycles. The first kappa shape index (κ1) is 23.0. The van der Waals surface area contributed by atoms with Crippen molar-refractivity contribution in [2.75, 3.05) is 6.61 Å². The van der Waals surface area contributed by atoms with Gasteiger partial charge in [-0.25, -0.2) is 9.59 Å². The highest BCUT2D eigenvalue weighted by atomic mass is 16.4. The van der Waals surface area contributed by atoms with E-state index in [0.717, 1.165) is 25.5 Å². The van der Waals surface area contributed by atoms with E-state index in [4.69, 9.17) is 20.4 Å². The molecule has 0 aromatic rings.